The van der Waals surface area contributed by atoms with Crippen LogP contribution in [0.25, 0.3) is 10.9 Å². The van der Waals surface area contributed by atoms with Crippen LogP contribution in [0.4, 0.5) is 4.39 Å². The number of nitrogens with one attached hydrogen (secondary N) is 1. The topological polar surface area (TPSA) is 42.1 Å². The molecule has 1 aromatic heterocycles. The highest BCUT2D eigenvalue weighted by Crippen LogP contribution is 2.27. The van der Waals surface area contributed by atoms with Crippen molar-refractivity contribution in [3.8, 4) is 5.75 Å². The summed E-state index contributed by atoms with van der Waals surface area (Å²) in [6.45, 7) is 1.68. The lowest BCUT2D eigenvalue weighted by molar-refractivity contribution is 0.0819. The number of aromatic nitrogens is 1. The molecule has 0 radical (unpaired) electrons. The van der Waals surface area contributed by atoms with Gasteiger partial charge in [-0.1, -0.05) is 18.2 Å². The highest BCUT2D eigenvalue weighted by Gasteiger charge is 2.21. The molecule has 0 aliphatic rings. The highest BCUT2D eigenvalue weighted by molar-refractivity contribution is 9.10. The molecular formula is C17H13BrFNO2. The number of halogens is 2. The van der Waals surface area contributed by atoms with Gasteiger partial charge in [0.2, 0.25) is 5.78 Å². The van der Waals surface area contributed by atoms with E-state index in [9.17, 15) is 9.18 Å². The molecule has 1 unspecified atom stereocenters. The maximum absolute atomic E-state index is 13.1. The zero-order valence-electron chi connectivity index (χ0n) is 11.8. The lowest BCUT2D eigenvalue weighted by Crippen LogP contribution is -2.23. The summed E-state index contributed by atoms with van der Waals surface area (Å²) in [7, 11) is 0. The SMILES string of the molecule is CC(Oc1ccc(F)cc1Br)C(=O)c1c[nH]c2ccccc12. The van der Waals surface area contributed by atoms with Crippen LogP contribution < -0.4 is 4.74 Å². The fourth-order valence-corrected chi connectivity index (χ4v) is 2.75. The standard InChI is InChI=1S/C17H13BrFNO2/c1-10(22-16-7-6-11(19)8-14(16)18)17(21)13-9-20-15-5-3-2-4-12(13)15/h2-10,20H,1H3. The largest absolute Gasteiger partial charge is 0.481 e. The minimum atomic E-state index is -0.680. The van der Waals surface area contributed by atoms with E-state index >= 15 is 0 Å². The van der Waals surface area contributed by atoms with Crippen LogP contribution in [0.3, 0.4) is 0 Å². The zero-order valence-corrected chi connectivity index (χ0v) is 13.4. The number of rotatable bonds is 4. The maximum atomic E-state index is 13.1. The Morgan fingerprint density at radius 2 is 2.05 bits per heavy atom. The number of ketones is 1. The first-order chi connectivity index (χ1) is 10.6. The molecule has 0 aliphatic heterocycles. The number of hydrogen-bond acceptors (Lipinski definition) is 2. The van der Waals surface area contributed by atoms with Gasteiger partial charge in [0.05, 0.1) is 4.47 Å². The van der Waals surface area contributed by atoms with Gasteiger partial charge in [-0.3, -0.25) is 4.79 Å². The van der Waals surface area contributed by atoms with E-state index in [4.69, 9.17) is 4.74 Å². The van der Waals surface area contributed by atoms with E-state index in [-0.39, 0.29) is 11.6 Å². The Morgan fingerprint density at radius 3 is 2.82 bits per heavy atom. The first-order valence-corrected chi connectivity index (χ1v) is 7.57. The third-order valence-electron chi connectivity index (χ3n) is 3.42. The van der Waals surface area contributed by atoms with E-state index in [1.165, 1.54) is 18.2 Å². The molecule has 0 saturated heterocycles. The Kier molecular flexibility index (Phi) is 3.98. The fourth-order valence-electron chi connectivity index (χ4n) is 2.31. The molecule has 2 aromatic carbocycles. The van der Waals surface area contributed by atoms with Crippen LogP contribution >= 0.6 is 15.9 Å². The Balaban J connectivity index is 1.85. The number of H-pyrrole nitrogens is 1. The van der Waals surface area contributed by atoms with Crippen molar-refractivity contribution in [2.75, 3.05) is 0 Å². The molecule has 1 heterocycles. The summed E-state index contributed by atoms with van der Waals surface area (Å²) < 4.78 is 19.2. The molecule has 5 heteroatoms. The molecule has 3 aromatic rings. The van der Waals surface area contributed by atoms with Gasteiger partial charge in [-0.25, -0.2) is 4.39 Å². The molecule has 3 nitrogen and oxygen atoms in total. The van der Waals surface area contributed by atoms with Crippen molar-refractivity contribution < 1.29 is 13.9 Å². The number of benzene rings is 2. The normalized spacial score (nSPS) is 12.3. The van der Waals surface area contributed by atoms with Crippen LogP contribution in [0.2, 0.25) is 0 Å². The van der Waals surface area contributed by atoms with E-state index in [1.54, 1.807) is 13.1 Å². The van der Waals surface area contributed by atoms with Gasteiger partial charge < -0.3 is 9.72 Å². The van der Waals surface area contributed by atoms with Crippen molar-refractivity contribution in [2.45, 2.75) is 13.0 Å². The van der Waals surface area contributed by atoms with Crippen LogP contribution in [0.5, 0.6) is 5.75 Å². The van der Waals surface area contributed by atoms with Crippen molar-refractivity contribution in [1.82, 2.24) is 4.98 Å². The average Bonchev–Trinajstić information content (AvgIpc) is 2.93. The summed E-state index contributed by atoms with van der Waals surface area (Å²) in [6, 6.07) is 11.7. The number of carbonyl (C=O) groups excluding carboxylic acids is 1. The predicted octanol–water partition coefficient (Wildman–Crippen LogP) is 4.72. The van der Waals surface area contributed by atoms with E-state index in [0.29, 0.717) is 15.8 Å². The molecular weight excluding hydrogens is 349 g/mol. The molecule has 0 aliphatic carbocycles. The molecule has 112 valence electrons. The average molecular weight is 362 g/mol. The monoisotopic (exact) mass is 361 g/mol. The number of fused-ring (bicyclic) bond motifs is 1. The first kappa shape index (κ1) is 14.8. The van der Waals surface area contributed by atoms with E-state index in [1.807, 2.05) is 24.3 Å². The Labute approximate surface area is 135 Å². The number of hydrogen-bond donors (Lipinski definition) is 1. The maximum Gasteiger partial charge on any atom is 0.205 e. The van der Waals surface area contributed by atoms with Crippen molar-refractivity contribution in [3.05, 3.63) is 64.5 Å². The lowest BCUT2D eigenvalue weighted by atomic mass is 10.1. The van der Waals surface area contributed by atoms with E-state index in [2.05, 4.69) is 20.9 Å². The summed E-state index contributed by atoms with van der Waals surface area (Å²) in [4.78, 5) is 15.6. The van der Waals surface area contributed by atoms with Gasteiger partial charge in [0.15, 0.2) is 6.10 Å². The molecule has 3 rings (SSSR count). The van der Waals surface area contributed by atoms with E-state index in [0.717, 1.165) is 10.9 Å². The highest BCUT2D eigenvalue weighted by atomic mass is 79.9. The van der Waals surface area contributed by atoms with Crippen molar-refractivity contribution in [2.24, 2.45) is 0 Å². The predicted molar refractivity (Wildman–Crippen MR) is 86.8 cm³/mol. The second-order valence-corrected chi connectivity index (χ2v) is 5.80. The van der Waals surface area contributed by atoms with Gasteiger partial charge in [0, 0.05) is 22.7 Å². The molecule has 1 N–H and O–H groups in total. The van der Waals surface area contributed by atoms with Gasteiger partial charge in [-0.15, -0.1) is 0 Å². The van der Waals surface area contributed by atoms with E-state index < -0.39 is 6.10 Å². The summed E-state index contributed by atoms with van der Waals surface area (Å²) in [6.07, 6.45) is 1.01. The second-order valence-electron chi connectivity index (χ2n) is 4.95. The molecule has 22 heavy (non-hydrogen) atoms. The quantitative estimate of drug-likeness (QED) is 0.683. The van der Waals surface area contributed by atoms with Gasteiger partial charge in [-0.2, -0.15) is 0 Å². The summed E-state index contributed by atoms with van der Waals surface area (Å²) in [5.74, 6) is -0.0643. The third kappa shape index (κ3) is 2.76. The molecule has 0 saturated carbocycles. The smallest absolute Gasteiger partial charge is 0.205 e. The van der Waals surface area contributed by atoms with Crippen LogP contribution in [-0.4, -0.2) is 16.9 Å². The number of ether oxygens (including phenoxy) is 1. The van der Waals surface area contributed by atoms with Gasteiger partial charge >= 0.3 is 0 Å². The lowest BCUT2D eigenvalue weighted by Gasteiger charge is -2.14. The number of Topliss-reactive ketones (excluding diaryl/α,β-unsaturated/α-hetero) is 1. The molecule has 1 atom stereocenters. The van der Waals surface area contributed by atoms with Gasteiger partial charge in [-0.05, 0) is 47.1 Å². The van der Waals surface area contributed by atoms with Gasteiger partial charge in [0.1, 0.15) is 11.6 Å². The Morgan fingerprint density at radius 1 is 1.27 bits per heavy atom. The van der Waals surface area contributed by atoms with Gasteiger partial charge in [0.25, 0.3) is 0 Å². The fraction of sp³-hybridized carbons (Fsp3) is 0.118. The molecule has 0 spiro atoms. The molecule has 0 bridgehead atoms. The second kappa shape index (κ2) is 5.93. The van der Waals surface area contributed by atoms with Crippen LogP contribution in [-0.2, 0) is 0 Å². The molecule has 0 amide bonds. The summed E-state index contributed by atoms with van der Waals surface area (Å²) in [5.41, 5.74) is 1.49. The van der Waals surface area contributed by atoms with Crippen molar-refractivity contribution >= 4 is 32.6 Å². The zero-order chi connectivity index (χ0) is 15.7. The molecule has 0 fully saturated rings. The number of aromatic amines is 1. The number of carbonyl (C=O) groups is 1. The minimum Gasteiger partial charge on any atom is -0.481 e. The summed E-state index contributed by atoms with van der Waals surface area (Å²) >= 11 is 3.23. The van der Waals surface area contributed by atoms with Crippen LogP contribution in [0.1, 0.15) is 17.3 Å². The first-order valence-electron chi connectivity index (χ1n) is 6.78. The van der Waals surface area contributed by atoms with Crippen LogP contribution in [0.15, 0.2) is 53.1 Å². The number of para-hydroxylation sites is 1. The van der Waals surface area contributed by atoms with Crippen molar-refractivity contribution in [1.29, 1.82) is 0 Å². The Hall–Kier alpha value is -2.14. The van der Waals surface area contributed by atoms with Crippen LogP contribution in [0, 0.1) is 5.82 Å². The third-order valence-corrected chi connectivity index (χ3v) is 4.04. The Bertz CT molecular complexity index is 844. The van der Waals surface area contributed by atoms with Crippen molar-refractivity contribution in [3.63, 3.8) is 0 Å². The summed E-state index contributed by atoms with van der Waals surface area (Å²) in [5, 5.41) is 0.862. The minimum absolute atomic E-state index is 0.131.